The smallest absolute Gasteiger partial charge is 0.414 e. The molecule has 0 aliphatic heterocycles. The highest BCUT2D eigenvalue weighted by Gasteiger charge is 2.16. The van der Waals surface area contributed by atoms with Crippen LogP contribution in [0.3, 0.4) is 0 Å². The van der Waals surface area contributed by atoms with Crippen molar-refractivity contribution in [1.82, 2.24) is 0 Å². The number of benzene rings is 1. The summed E-state index contributed by atoms with van der Waals surface area (Å²) in [4.78, 5) is 18.2. The summed E-state index contributed by atoms with van der Waals surface area (Å²) in [7, 11) is 0. The number of aliphatic carboxylic acids is 2. The minimum absolute atomic E-state index is 0.206. The minimum atomic E-state index is -1.82. The van der Waals surface area contributed by atoms with Crippen molar-refractivity contribution >= 4 is 23.5 Å². The Balaban J connectivity index is 0.000000487. The van der Waals surface area contributed by atoms with Gasteiger partial charge < -0.3 is 25.1 Å². The molecule has 9 heteroatoms. The molecule has 0 fully saturated rings. The fraction of sp³-hybridized carbons (Fsp3) is 0.235. The molecule has 4 N–H and O–H groups in total. The zero-order valence-electron chi connectivity index (χ0n) is 13.6. The molecule has 0 amide bonds. The third-order valence-corrected chi connectivity index (χ3v) is 3.34. The molecule has 1 unspecified atom stereocenters. The Labute approximate surface area is 154 Å². The monoisotopic (exact) mass is 380 g/mol. The number of hydrogen-bond donors (Lipinski definition) is 3. The molecule has 0 saturated carbocycles. The van der Waals surface area contributed by atoms with Gasteiger partial charge in [-0.1, -0.05) is 11.6 Å². The summed E-state index contributed by atoms with van der Waals surface area (Å²) in [5.41, 5.74) is 6.92. The van der Waals surface area contributed by atoms with Gasteiger partial charge in [0.25, 0.3) is 0 Å². The molecule has 1 atom stereocenters. The number of carboxylic acid groups (broad SMARTS) is 2. The quantitative estimate of drug-likeness (QED) is 0.648. The Morgan fingerprint density at radius 3 is 2.50 bits per heavy atom. The minimum Gasteiger partial charge on any atom is -0.484 e. The van der Waals surface area contributed by atoms with Gasteiger partial charge in [-0.3, -0.25) is 0 Å². The summed E-state index contributed by atoms with van der Waals surface area (Å²) in [6, 6.07) is 8.90. The largest absolute Gasteiger partial charge is 0.484 e. The molecule has 0 saturated heterocycles. The van der Waals surface area contributed by atoms with Crippen LogP contribution in [0.15, 0.2) is 41.2 Å². The van der Waals surface area contributed by atoms with Crippen molar-refractivity contribution in [3.63, 3.8) is 0 Å². The van der Waals surface area contributed by atoms with Gasteiger partial charge in [0.2, 0.25) is 0 Å². The van der Waals surface area contributed by atoms with E-state index in [1.807, 2.05) is 6.07 Å². The van der Waals surface area contributed by atoms with E-state index < -0.39 is 11.9 Å². The number of nitriles is 1. The van der Waals surface area contributed by atoms with E-state index in [1.165, 1.54) is 0 Å². The van der Waals surface area contributed by atoms with E-state index in [0.29, 0.717) is 22.9 Å². The van der Waals surface area contributed by atoms with Crippen LogP contribution in [0.4, 0.5) is 0 Å². The average molecular weight is 381 g/mol. The summed E-state index contributed by atoms with van der Waals surface area (Å²) >= 11 is 5.96. The number of halogens is 1. The van der Waals surface area contributed by atoms with Gasteiger partial charge in [-0.2, -0.15) is 5.26 Å². The maximum absolute atomic E-state index is 9.12. The van der Waals surface area contributed by atoms with E-state index in [2.05, 4.69) is 6.07 Å². The number of hydrogen-bond acceptors (Lipinski definition) is 6. The number of carboxylic acids is 2. The Bertz CT molecular complexity index is 758. The van der Waals surface area contributed by atoms with Crippen LogP contribution >= 0.6 is 11.6 Å². The molecule has 8 nitrogen and oxygen atoms in total. The van der Waals surface area contributed by atoms with Crippen molar-refractivity contribution < 1.29 is 29.0 Å². The van der Waals surface area contributed by atoms with Crippen LogP contribution < -0.4 is 10.5 Å². The second-order valence-corrected chi connectivity index (χ2v) is 5.39. The topological polar surface area (TPSA) is 147 Å². The first kappa shape index (κ1) is 21.0. The Hall–Kier alpha value is -3.02. The van der Waals surface area contributed by atoms with Gasteiger partial charge in [-0.05, 0) is 37.6 Å². The molecule has 138 valence electrons. The number of furan rings is 1. The van der Waals surface area contributed by atoms with Gasteiger partial charge in [0.05, 0.1) is 18.1 Å². The predicted molar refractivity (Wildman–Crippen MR) is 91.8 cm³/mol. The second kappa shape index (κ2) is 10.8. The number of carbonyl (C=O) groups is 2. The van der Waals surface area contributed by atoms with Gasteiger partial charge in [0.15, 0.2) is 0 Å². The van der Waals surface area contributed by atoms with Crippen LogP contribution in [-0.2, 0) is 9.59 Å². The standard InChI is InChI=1S/C15H15ClN2O2.C2H2O4/c16-13-4-3-11(9-18)15(8-13)20-14(2-1-6-17)12-5-7-19-10-12;3-1(4)2(5)6/h3-5,7-8,10,14H,1-2,6,17H2;(H,3,4)(H,5,6). The van der Waals surface area contributed by atoms with E-state index >= 15 is 0 Å². The average Bonchev–Trinajstić information content (AvgIpc) is 3.13. The summed E-state index contributed by atoms with van der Waals surface area (Å²) in [6.45, 7) is 0.582. The highest BCUT2D eigenvalue weighted by atomic mass is 35.5. The van der Waals surface area contributed by atoms with Crippen LogP contribution in [0.2, 0.25) is 5.02 Å². The molecule has 1 aromatic heterocycles. The van der Waals surface area contributed by atoms with E-state index in [1.54, 1.807) is 30.7 Å². The van der Waals surface area contributed by atoms with Crippen molar-refractivity contribution in [1.29, 1.82) is 5.26 Å². The molecule has 0 bridgehead atoms. The first-order valence-corrected chi connectivity index (χ1v) is 7.81. The lowest BCUT2D eigenvalue weighted by molar-refractivity contribution is -0.159. The molecule has 1 heterocycles. The maximum Gasteiger partial charge on any atom is 0.414 e. The fourth-order valence-corrected chi connectivity index (χ4v) is 2.06. The van der Waals surface area contributed by atoms with Crippen LogP contribution in [0.25, 0.3) is 0 Å². The van der Waals surface area contributed by atoms with E-state index in [9.17, 15) is 0 Å². The van der Waals surface area contributed by atoms with Crippen LogP contribution in [0, 0.1) is 11.3 Å². The second-order valence-electron chi connectivity index (χ2n) is 4.96. The van der Waals surface area contributed by atoms with Gasteiger partial charge >= 0.3 is 11.9 Å². The first-order valence-electron chi connectivity index (χ1n) is 7.43. The van der Waals surface area contributed by atoms with Crippen LogP contribution in [0.5, 0.6) is 5.75 Å². The number of nitrogens with zero attached hydrogens (tertiary/aromatic N) is 1. The van der Waals surface area contributed by atoms with Crippen LogP contribution in [-0.4, -0.2) is 28.7 Å². The third-order valence-electron chi connectivity index (χ3n) is 3.10. The molecule has 1 aromatic carbocycles. The van der Waals surface area contributed by atoms with Crippen LogP contribution in [0.1, 0.15) is 30.1 Å². The lowest BCUT2D eigenvalue weighted by atomic mass is 10.1. The molecule has 0 aliphatic rings. The molecule has 26 heavy (non-hydrogen) atoms. The van der Waals surface area contributed by atoms with E-state index in [0.717, 1.165) is 18.4 Å². The number of nitrogens with two attached hydrogens (primary N) is 1. The van der Waals surface area contributed by atoms with Crippen molar-refractivity contribution in [3.05, 3.63) is 52.9 Å². The van der Waals surface area contributed by atoms with Gasteiger partial charge in [-0.15, -0.1) is 0 Å². The van der Waals surface area contributed by atoms with Gasteiger partial charge in [0.1, 0.15) is 17.9 Å². The van der Waals surface area contributed by atoms with Crippen molar-refractivity contribution in [3.8, 4) is 11.8 Å². The highest BCUT2D eigenvalue weighted by Crippen LogP contribution is 2.30. The summed E-state index contributed by atoms with van der Waals surface area (Å²) in [6.07, 6.45) is 4.59. The van der Waals surface area contributed by atoms with Gasteiger partial charge in [-0.25, -0.2) is 9.59 Å². The lowest BCUT2D eigenvalue weighted by Gasteiger charge is -2.18. The highest BCUT2D eigenvalue weighted by molar-refractivity contribution is 6.30. The molecule has 2 rings (SSSR count). The zero-order valence-corrected chi connectivity index (χ0v) is 14.3. The third kappa shape index (κ3) is 6.84. The van der Waals surface area contributed by atoms with Crippen molar-refractivity contribution in [2.75, 3.05) is 6.54 Å². The molecular formula is C17H17ClN2O6. The van der Waals surface area contributed by atoms with E-state index in [4.69, 9.17) is 51.6 Å². The summed E-state index contributed by atoms with van der Waals surface area (Å²) in [5, 5.41) is 24.4. The normalized spacial score (nSPS) is 10.8. The van der Waals surface area contributed by atoms with E-state index in [-0.39, 0.29) is 6.10 Å². The lowest BCUT2D eigenvalue weighted by Crippen LogP contribution is -2.10. The predicted octanol–water partition coefficient (Wildman–Crippen LogP) is 2.82. The molecule has 2 aromatic rings. The van der Waals surface area contributed by atoms with Crippen molar-refractivity contribution in [2.24, 2.45) is 5.73 Å². The molecule has 0 radical (unpaired) electrons. The van der Waals surface area contributed by atoms with Gasteiger partial charge in [0, 0.05) is 16.7 Å². The molecule has 0 spiro atoms. The Morgan fingerprint density at radius 2 is 2.00 bits per heavy atom. The van der Waals surface area contributed by atoms with Crippen molar-refractivity contribution in [2.45, 2.75) is 18.9 Å². The summed E-state index contributed by atoms with van der Waals surface area (Å²) in [5.74, 6) is -3.17. The maximum atomic E-state index is 9.12. The molecule has 0 aliphatic carbocycles. The summed E-state index contributed by atoms with van der Waals surface area (Å²) < 4.78 is 11.0. The Morgan fingerprint density at radius 1 is 1.31 bits per heavy atom. The first-order chi connectivity index (χ1) is 12.4. The molecular weight excluding hydrogens is 364 g/mol. The number of rotatable bonds is 6. The SMILES string of the molecule is N#Cc1ccc(Cl)cc1OC(CCCN)c1ccoc1.O=C(O)C(=O)O. The number of ether oxygens (including phenoxy) is 1. The zero-order chi connectivity index (χ0) is 19.5. The fourth-order valence-electron chi connectivity index (χ4n) is 1.89. The Kier molecular flexibility index (Phi) is 8.70.